The van der Waals surface area contributed by atoms with Crippen LogP contribution in [0.3, 0.4) is 0 Å². The lowest BCUT2D eigenvalue weighted by atomic mass is 9.95. The number of carboxylic acids is 1. The normalized spacial score (nSPS) is 15.1. The van der Waals surface area contributed by atoms with Gasteiger partial charge in [0.15, 0.2) is 0 Å². The number of benzene rings is 2. The SMILES string of the molecule is CCOCCC1(Oc2ccc(Oc3ccc(C(=O)O)cc3)cc2)C(=O)NC(=O)NC1=O. The Labute approximate surface area is 177 Å². The van der Waals surface area contributed by atoms with Gasteiger partial charge in [0.2, 0.25) is 0 Å². The summed E-state index contributed by atoms with van der Waals surface area (Å²) >= 11 is 0. The number of ether oxygens (including phenoxy) is 3. The van der Waals surface area contributed by atoms with E-state index in [1.54, 1.807) is 19.1 Å². The number of carbonyl (C=O) groups excluding carboxylic acids is 3. The van der Waals surface area contributed by atoms with Gasteiger partial charge in [-0.25, -0.2) is 9.59 Å². The van der Waals surface area contributed by atoms with Gasteiger partial charge in [0.05, 0.1) is 12.2 Å². The fourth-order valence-corrected chi connectivity index (χ4v) is 2.85. The van der Waals surface area contributed by atoms with Gasteiger partial charge in [0.25, 0.3) is 17.4 Å². The summed E-state index contributed by atoms with van der Waals surface area (Å²) in [6, 6.07) is 11.1. The summed E-state index contributed by atoms with van der Waals surface area (Å²) in [5, 5.41) is 13.0. The molecule has 31 heavy (non-hydrogen) atoms. The Morgan fingerprint density at radius 1 is 0.903 bits per heavy atom. The van der Waals surface area contributed by atoms with Gasteiger partial charge in [0.1, 0.15) is 17.2 Å². The third-order valence-electron chi connectivity index (χ3n) is 4.44. The Balaban J connectivity index is 1.74. The minimum Gasteiger partial charge on any atom is -0.478 e. The Morgan fingerprint density at radius 3 is 1.94 bits per heavy atom. The smallest absolute Gasteiger partial charge is 0.335 e. The highest BCUT2D eigenvalue weighted by Crippen LogP contribution is 2.28. The van der Waals surface area contributed by atoms with Crippen LogP contribution in [0.5, 0.6) is 17.2 Å². The first-order valence-electron chi connectivity index (χ1n) is 9.39. The Bertz CT molecular complexity index is 965. The van der Waals surface area contributed by atoms with Crippen molar-refractivity contribution in [3.63, 3.8) is 0 Å². The van der Waals surface area contributed by atoms with Crippen molar-refractivity contribution in [2.45, 2.75) is 18.9 Å². The average molecular weight is 428 g/mol. The van der Waals surface area contributed by atoms with E-state index in [0.29, 0.717) is 18.1 Å². The molecule has 0 spiro atoms. The molecule has 1 saturated heterocycles. The Morgan fingerprint density at radius 2 is 1.42 bits per heavy atom. The molecule has 1 aliphatic heterocycles. The van der Waals surface area contributed by atoms with E-state index >= 15 is 0 Å². The number of aromatic carboxylic acids is 1. The number of rotatable bonds is 9. The van der Waals surface area contributed by atoms with Crippen LogP contribution in [0.2, 0.25) is 0 Å². The molecule has 1 aliphatic rings. The first-order chi connectivity index (χ1) is 14.8. The number of carbonyl (C=O) groups is 4. The number of carboxylic acid groups (broad SMARTS) is 1. The van der Waals surface area contributed by atoms with Crippen molar-refractivity contribution < 1.29 is 38.5 Å². The molecule has 10 heteroatoms. The first-order valence-corrected chi connectivity index (χ1v) is 9.39. The number of barbiturate groups is 1. The van der Waals surface area contributed by atoms with Gasteiger partial charge in [-0.1, -0.05) is 0 Å². The fourth-order valence-electron chi connectivity index (χ4n) is 2.85. The van der Waals surface area contributed by atoms with Crippen molar-refractivity contribution in [3.05, 3.63) is 54.1 Å². The molecular weight excluding hydrogens is 408 g/mol. The number of imide groups is 2. The monoisotopic (exact) mass is 428 g/mol. The van der Waals surface area contributed by atoms with Crippen LogP contribution < -0.4 is 20.1 Å². The summed E-state index contributed by atoms with van der Waals surface area (Å²) in [6.07, 6.45) is -0.0973. The second-order valence-corrected chi connectivity index (χ2v) is 6.52. The summed E-state index contributed by atoms with van der Waals surface area (Å²) in [5.74, 6) is -1.74. The number of urea groups is 1. The van der Waals surface area contributed by atoms with Gasteiger partial charge in [-0.2, -0.15) is 0 Å². The van der Waals surface area contributed by atoms with Crippen LogP contribution in [-0.4, -0.2) is 47.7 Å². The predicted octanol–water partition coefficient (Wildman–Crippen LogP) is 2.09. The van der Waals surface area contributed by atoms with Crippen molar-refractivity contribution in [1.82, 2.24) is 10.6 Å². The predicted molar refractivity (Wildman–Crippen MR) is 106 cm³/mol. The van der Waals surface area contributed by atoms with E-state index in [1.807, 2.05) is 10.6 Å². The van der Waals surface area contributed by atoms with Crippen LogP contribution >= 0.6 is 0 Å². The molecule has 2 aromatic rings. The lowest BCUT2D eigenvalue weighted by Gasteiger charge is -2.34. The van der Waals surface area contributed by atoms with Crippen LogP contribution in [0.4, 0.5) is 4.79 Å². The van der Waals surface area contributed by atoms with Gasteiger partial charge < -0.3 is 19.3 Å². The van der Waals surface area contributed by atoms with Crippen molar-refractivity contribution in [1.29, 1.82) is 0 Å². The molecule has 0 bridgehead atoms. The lowest BCUT2D eigenvalue weighted by molar-refractivity contribution is -0.153. The zero-order valence-corrected chi connectivity index (χ0v) is 16.5. The molecule has 0 aliphatic carbocycles. The van der Waals surface area contributed by atoms with E-state index < -0.39 is 29.4 Å². The largest absolute Gasteiger partial charge is 0.478 e. The quantitative estimate of drug-likeness (QED) is 0.407. The topological polar surface area (TPSA) is 140 Å². The van der Waals surface area contributed by atoms with Crippen LogP contribution in [0.25, 0.3) is 0 Å². The van der Waals surface area contributed by atoms with E-state index in [2.05, 4.69) is 0 Å². The van der Waals surface area contributed by atoms with Crippen LogP contribution in [0.1, 0.15) is 23.7 Å². The molecule has 0 atom stereocenters. The molecule has 1 fully saturated rings. The van der Waals surface area contributed by atoms with Gasteiger partial charge in [-0.05, 0) is 55.5 Å². The van der Waals surface area contributed by atoms with Crippen molar-refractivity contribution in [2.75, 3.05) is 13.2 Å². The molecule has 2 aromatic carbocycles. The van der Waals surface area contributed by atoms with Crippen LogP contribution in [-0.2, 0) is 14.3 Å². The van der Waals surface area contributed by atoms with E-state index in [0.717, 1.165) is 0 Å². The number of hydrogen-bond donors (Lipinski definition) is 3. The number of hydrogen-bond acceptors (Lipinski definition) is 7. The van der Waals surface area contributed by atoms with Gasteiger partial charge in [-0.15, -0.1) is 0 Å². The molecule has 10 nitrogen and oxygen atoms in total. The third-order valence-corrected chi connectivity index (χ3v) is 4.44. The fraction of sp³-hybridized carbons (Fsp3) is 0.238. The molecule has 4 amide bonds. The maximum Gasteiger partial charge on any atom is 0.335 e. The standard InChI is InChI=1S/C21H20N2O8/c1-2-29-12-11-21(18(26)22-20(28)23-19(21)27)31-16-9-7-15(8-10-16)30-14-5-3-13(4-6-14)17(24)25/h3-10H,2,11-12H2,1H3,(H,24,25)(H2,22,23,26,27,28). The molecule has 0 aromatic heterocycles. The van der Waals surface area contributed by atoms with Gasteiger partial charge in [0, 0.05) is 13.0 Å². The van der Waals surface area contributed by atoms with Crippen LogP contribution in [0.15, 0.2) is 48.5 Å². The van der Waals surface area contributed by atoms with Crippen molar-refractivity contribution in [2.24, 2.45) is 0 Å². The lowest BCUT2D eigenvalue weighted by Crippen LogP contribution is -2.69. The van der Waals surface area contributed by atoms with E-state index in [1.165, 1.54) is 36.4 Å². The highest BCUT2D eigenvalue weighted by molar-refractivity contribution is 6.21. The number of amides is 4. The molecule has 1 heterocycles. The third kappa shape index (κ3) is 4.98. The Hall–Kier alpha value is -3.92. The molecule has 0 radical (unpaired) electrons. The Kier molecular flexibility index (Phi) is 6.51. The van der Waals surface area contributed by atoms with Gasteiger partial charge >= 0.3 is 12.0 Å². The summed E-state index contributed by atoms with van der Waals surface area (Å²) in [6.45, 7) is 2.22. The highest BCUT2D eigenvalue weighted by Gasteiger charge is 2.52. The maximum absolute atomic E-state index is 12.5. The summed E-state index contributed by atoms with van der Waals surface area (Å²) < 4.78 is 16.6. The van der Waals surface area contributed by atoms with E-state index in [9.17, 15) is 19.2 Å². The van der Waals surface area contributed by atoms with E-state index in [-0.39, 0.29) is 24.3 Å². The molecule has 162 valence electrons. The summed E-state index contributed by atoms with van der Waals surface area (Å²) in [5.41, 5.74) is -1.83. The average Bonchev–Trinajstić information content (AvgIpc) is 2.73. The zero-order chi connectivity index (χ0) is 22.4. The molecule has 0 saturated carbocycles. The molecule has 3 rings (SSSR count). The second-order valence-electron chi connectivity index (χ2n) is 6.52. The van der Waals surface area contributed by atoms with Gasteiger partial charge in [-0.3, -0.25) is 20.2 Å². The summed E-state index contributed by atoms with van der Waals surface area (Å²) in [4.78, 5) is 47.3. The zero-order valence-electron chi connectivity index (χ0n) is 16.5. The van der Waals surface area contributed by atoms with Crippen LogP contribution in [0, 0.1) is 0 Å². The second kappa shape index (κ2) is 9.26. The van der Waals surface area contributed by atoms with E-state index in [4.69, 9.17) is 19.3 Å². The minimum absolute atomic E-state index is 0.0685. The number of nitrogens with one attached hydrogen (secondary N) is 2. The maximum atomic E-state index is 12.5. The molecular formula is C21H20N2O8. The minimum atomic E-state index is -1.96. The summed E-state index contributed by atoms with van der Waals surface area (Å²) in [7, 11) is 0. The van der Waals surface area contributed by atoms with Crippen molar-refractivity contribution in [3.8, 4) is 17.2 Å². The molecule has 3 N–H and O–H groups in total. The first kappa shape index (κ1) is 21.8. The molecule has 0 unspecified atom stereocenters. The van der Waals surface area contributed by atoms with Crippen molar-refractivity contribution >= 4 is 23.8 Å². The highest BCUT2D eigenvalue weighted by atomic mass is 16.5.